The quantitative estimate of drug-likeness (QED) is 0.905. The molecular weight excluding hydrogens is 322 g/mol. The molecule has 0 radical (unpaired) electrons. The molecule has 2 aromatic rings. The zero-order chi connectivity index (χ0) is 13.9. The molecule has 1 saturated carbocycles. The number of halogens is 1. The van der Waals surface area contributed by atoms with E-state index in [2.05, 4.69) is 31.4 Å². The molecule has 2 heterocycles. The molecule has 0 spiro atoms. The van der Waals surface area contributed by atoms with Crippen LogP contribution >= 0.6 is 15.9 Å². The Morgan fingerprint density at radius 3 is 2.95 bits per heavy atom. The number of carbonyl (C=O) groups is 1. The summed E-state index contributed by atoms with van der Waals surface area (Å²) in [6.45, 7) is 1.25. The van der Waals surface area contributed by atoms with Gasteiger partial charge in [-0.05, 0) is 40.8 Å². The minimum Gasteiger partial charge on any atom is -0.350 e. The van der Waals surface area contributed by atoms with Crippen LogP contribution in [0.2, 0.25) is 0 Å². The van der Waals surface area contributed by atoms with Crippen molar-refractivity contribution in [1.29, 1.82) is 0 Å². The van der Waals surface area contributed by atoms with E-state index in [0.29, 0.717) is 18.3 Å². The Morgan fingerprint density at radius 1 is 1.45 bits per heavy atom. The van der Waals surface area contributed by atoms with Crippen LogP contribution in [0.15, 0.2) is 29.1 Å². The van der Waals surface area contributed by atoms with E-state index >= 15 is 0 Å². The molecule has 0 unspecified atom stereocenters. The highest BCUT2D eigenvalue weighted by Crippen LogP contribution is 2.25. The van der Waals surface area contributed by atoms with Crippen LogP contribution in [0.3, 0.4) is 0 Å². The number of aromatic nitrogens is 4. The molecule has 0 aromatic carbocycles. The van der Waals surface area contributed by atoms with Crippen molar-refractivity contribution in [2.45, 2.75) is 25.9 Å². The van der Waals surface area contributed by atoms with E-state index in [-0.39, 0.29) is 5.91 Å². The Kier molecular flexibility index (Phi) is 3.86. The van der Waals surface area contributed by atoms with E-state index in [1.807, 2.05) is 6.20 Å². The first kappa shape index (κ1) is 13.4. The fourth-order valence-electron chi connectivity index (χ4n) is 2.15. The van der Waals surface area contributed by atoms with Gasteiger partial charge in [0.25, 0.3) is 5.91 Å². The summed E-state index contributed by atoms with van der Waals surface area (Å²) in [7, 11) is 0. The van der Waals surface area contributed by atoms with E-state index in [1.165, 1.54) is 19.3 Å². The summed E-state index contributed by atoms with van der Waals surface area (Å²) in [4.78, 5) is 11.9. The lowest BCUT2D eigenvalue weighted by atomic mass is 9.85. The first-order valence-corrected chi connectivity index (χ1v) is 7.49. The molecule has 0 aliphatic heterocycles. The highest BCUT2D eigenvalue weighted by atomic mass is 79.9. The molecule has 1 N–H and O–H groups in total. The Labute approximate surface area is 125 Å². The number of nitrogens with one attached hydrogen (secondary N) is 1. The molecule has 0 bridgehead atoms. The minimum atomic E-state index is -0.0997. The Bertz CT molecular complexity index is 601. The second-order valence-corrected chi connectivity index (χ2v) is 6.00. The summed E-state index contributed by atoms with van der Waals surface area (Å²) >= 11 is 3.34. The van der Waals surface area contributed by atoms with Crippen LogP contribution < -0.4 is 5.32 Å². The highest BCUT2D eigenvalue weighted by molar-refractivity contribution is 9.10. The van der Waals surface area contributed by atoms with Crippen molar-refractivity contribution in [2.24, 2.45) is 5.92 Å². The number of hydrogen-bond acceptors (Lipinski definition) is 3. The topological polar surface area (TPSA) is 64.7 Å². The van der Waals surface area contributed by atoms with Crippen molar-refractivity contribution in [1.82, 2.24) is 24.9 Å². The molecule has 2 aromatic heterocycles. The Balaban J connectivity index is 1.56. The van der Waals surface area contributed by atoms with Gasteiger partial charge in [0, 0.05) is 18.9 Å². The van der Waals surface area contributed by atoms with E-state index < -0.39 is 0 Å². The standard InChI is InChI=1S/C13H16BrN5O/c14-11-7-16-19(8-11)9-18-5-4-12(17-18)13(20)15-6-10-2-1-3-10/h4-5,7-8,10H,1-3,6,9H2,(H,15,20). The Morgan fingerprint density at radius 2 is 2.30 bits per heavy atom. The number of carbonyl (C=O) groups excluding carboxylic acids is 1. The third-order valence-electron chi connectivity index (χ3n) is 3.54. The minimum absolute atomic E-state index is 0.0997. The monoisotopic (exact) mass is 337 g/mol. The van der Waals surface area contributed by atoms with E-state index in [0.717, 1.165) is 11.0 Å². The number of amides is 1. The van der Waals surface area contributed by atoms with Gasteiger partial charge in [0.05, 0.1) is 10.7 Å². The summed E-state index contributed by atoms with van der Waals surface area (Å²) in [5.41, 5.74) is 0.454. The second kappa shape index (κ2) is 5.78. The SMILES string of the molecule is O=C(NCC1CCC1)c1ccn(Cn2cc(Br)cn2)n1. The van der Waals surface area contributed by atoms with Gasteiger partial charge in [-0.2, -0.15) is 10.2 Å². The zero-order valence-corrected chi connectivity index (χ0v) is 12.6. The fraction of sp³-hybridized carbons (Fsp3) is 0.462. The van der Waals surface area contributed by atoms with Crippen molar-refractivity contribution < 1.29 is 4.79 Å². The van der Waals surface area contributed by atoms with Crippen LogP contribution in [-0.2, 0) is 6.67 Å². The van der Waals surface area contributed by atoms with Crippen LogP contribution in [0.1, 0.15) is 29.8 Å². The zero-order valence-electron chi connectivity index (χ0n) is 11.0. The second-order valence-electron chi connectivity index (χ2n) is 5.09. The lowest BCUT2D eigenvalue weighted by molar-refractivity contribution is 0.0933. The van der Waals surface area contributed by atoms with E-state index in [1.54, 1.807) is 27.8 Å². The normalized spacial score (nSPS) is 15.1. The van der Waals surface area contributed by atoms with Gasteiger partial charge < -0.3 is 5.32 Å². The van der Waals surface area contributed by atoms with Crippen LogP contribution in [0.25, 0.3) is 0 Å². The van der Waals surface area contributed by atoms with Gasteiger partial charge in [0.2, 0.25) is 0 Å². The highest BCUT2D eigenvalue weighted by Gasteiger charge is 2.18. The maximum Gasteiger partial charge on any atom is 0.271 e. The van der Waals surface area contributed by atoms with E-state index in [9.17, 15) is 4.79 Å². The van der Waals surface area contributed by atoms with Crippen LogP contribution in [0, 0.1) is 5.92 Å². The van der Waals surface area contributed by atoms with Gasteiger partial charge in [-0.15, -0.1) is 0 Å². The van der Waals surface area contributed by atoms with Gasteiger partial charge in [-0.25, -0.2) is 4.68 Å². The lowest BCUT2D eigenvalue weighted by Crippen LogP contribution is -2.32. The van der Waals surface area contributed by atoms with Gasteiger partial charge in [-0.1, -0.05) is 6.42 Å². The average molecular weight is 338 g/mol. The molecule has 20 heavy (non-hydrogen) atoms. The smallest absolute Gasteiger partial charge is 0.271 e. The van der Waals surface area contributed by atoms with E-state index in [4.69, 9.17) is 0 Å². The largest absolute Gasteiger partial charge is 0.350 e. The summed E-state index contributed by atoms with van der Waals surface area (Å²) in [6, 6.07) is 1.73. The van der Waals surface area contributed by atoms with Crippen molar-refractivity contribution in [3.8, 4) is 0 Å². The summed E-state index contributed by atoms with van der Waals surface area (Å²) in [5, 5.41) is 11.4. The summed E-state index contributed by atoms with van der Waals surface area (Å²) in [5.74, 6) is 0.555. The third-order valence-corrected chi connectivity index (χ3v) is 3.95. The maximum absolute atomic E-state index is 11.9. The van der Waals surface area contributed by atoms with Gasteiger partial charge >= 0.3 is 0 Å². The molecule has 7 heteroatoms. The molecule has 1 fully saturated rings. The first-order valence-electron chi connectivity index (χ1n) is 6.70. The molecule has 1 aliphatic carbocycles. The predicted molar refractivity (Wildman–Crippen MR) is 77.2 cm³/mol. The van der Waals surface area contributed by atoms with Crippen LogP contribution in [0.4, 0.5) is 0 Å². The van der Waals surface area contributed by atoms with Crippen LogP contribution in [0.5, 0.6) is 0 Å². The fourth-order valence-corrected chi connectivity index (χ4v) is 2.48. The number of nitrogens with zero attached hydrogens (tertiary/aromatic N) is 4. The van der Waals surface area contributed by atoms with Crippen molar-refractivity contribution >= 4 is 21.8 Å². The molecule has 1 aliphatic rings. The summed E-state index contributed by atoms with van der Waals surface area (Å²) < 4.78 is 4.35. The van der Waals surface area contributed by atoms with Crippen molar-refractivity contribution in [3.63, 3.8) is 0 Å². The lowest BCUT2D eigenvalue weighted by Gasteiger charge is -2.25. The van der Waals surface area contributed by atoms with Crippen molar-refractivity contribution in [3.05, 3.63) is 34.8 Å². The van der Waals surface area contributed by atoms with Gasteiger partial charge in [-0.3, -0.25) is 9.48 Å². The number of hydrogen-bond donors (Lipinski definition) is 1. The molecule has 0 saturated heterocycles. The van der Waals surface area contributed by atoms with Gasteiger partial charge in [0.15, 0.2) is 0 Å². The number of rotatable bonds is 5. The Hall–Kier alpha value is -1.63. The molecule has 0 atom stereocenters. The predicted octanol–water partition coefficient (Wildman–Crippen LogP) is 1.88. The molecular formula is C13H16BrN5O. The first-order chi connectivity index (χ1) is 9.70. The third kappa shape index (κ3) is 3.09. The summed E-state index contributed by atoms with van der Waals surface area (Å²) in [6.07, 6.45) is 9.10. The molecule has 106 valence electrons. The van der Waals surface area contributed by atoms with Crippen molar-refractivity contribution in [2.75, 3.05) is 6.54 Å². The molecule has 1 amide bonds. The molecule has 6 nitrogen and oxygen atoms in total. The van der Waals surface area contributed by atoms with Crippen LogP contribution in [-0.4, -0.2) is 32.0 Å². The molecule has 3 rings (SSSR count). The maximum atomic E-state index is 11.9. The average Bonchev–Trinajstić information content (AvgIpc) is 2.97. The van der Waals surface area contributed by atoms with Gasteiger partial charge in [0.1, 0.15) is 12.4 Å².